The summed E-state index contributed by atoms with van der Waals surface area (Å²) in [7, 11) is 4.68. The zero-order chi connectivity index (χ0) is 20.2. The van der Waals surface area contributed by atoms with E-state index in [0.717, 1.165) is 16.5 Å². The second-order valence-electron chi connectivity index (χ2n) is 6.00. The third-order valence-electron chi connectivity index (χ3n) is 4.37. The summed E-state index contributed by atoms with van der Waals surface area (Å²) in [5, 5.41) is 5.83. The Hall–Kier alpha value is -3.62. The fourth-order valence-corrected chi connectivity index (χ4v) is 3.11. The van der Waals surface area contributed by atoms with Crippen LogP contribution in [0.15, 0.2) is 54.9 Å². The van der Waals surface area contributed by atoms with Crippen molar-refractivity contribution in [2.45, 2.75) is 0 Å². The van der Waals surface area contributed by atoms with Gasteiger partial charge in [-0.1, -0.05) is 24.3 Å². The summed E-state index contributed by atoms with van der Waals surface area (Å²) in [4.78, 5) is 28.4. The fourth-order valence-electron chi connectivity index (χ4n) is 3.11. The summed E-state index contributed by atoms with van der Waals surface area (Å²) < 4.78 is 6.19. The number of rotatable bonds is 7. The van der Waals surface area contributed by atoms with Crippen LogP contribution < -0.4 is 19.8 Å². The van der Waals surface area contributed by atoms with E-state index < -0.39 is 0 Å². The van der Waals surface area contributed by atoms with Gasteiger partial charge in [-0.2, -0.15) is 9.78 Å². The lowest BCUT2D eigenvalue weighted by Crippen LogP contribution is -1.99. The van der Waals surface area contributed by atoms with Gasteiger partial charge >= 0.3 is 0 Å². The summed E-state index contributed by atoms with van der Waals surface area (Å²) in [5.41, 5.74) is 1.61. The Bertz CT molecular complexity index is 1170. The van der Waals surface area contributed by atoms with Crippen LogP contribution in [0, 0.1) is 0 Å². The van der Waals surface area contributed by atoms with Crippen LogP contribution in [0.5, 0.6) is 23.1 Å². The maximum absolute atomic E-state index is 6.19. The molecule has 29 heavy (non-hydrogen) atoms. The first kappa shape index (κ1) is 18.7. The van der Waals surface area contributed by atoms with Gasteiger partial charge in [0.25, 0.3) is 0 Å². The molecule has 3 aromatic carbocycles. The van der Waals surface area contributed by atoms with Crippen LogP contribution in [0.2, 0.25) is 0 Å². The highest BCUT2D eigenvalue weighted by Gasteiger charge is 2.16. The molecule has 8 heteroatoms. The minimum atomic E-state index is 0.303. The van der Waals surface area contributed by atoms with Gasteiger partial charge in [0.05, 0.1) is 25.1 Å². The lowest BCUT2D eigenvalue weighted by Gasteiger charge is -2.13. The van der Waals surface area contributed by atoms with Crippen LogP contribution in [-0.4, -0.2) is 31.2 Å². The number of anilines is 1. The average Bonchev–Trinajstić information content (AvgIpc) is 2.75. The summed E-state index contributed by atoms with van der Waals surface area (Å²) in [6.07, 6.45) is 1.43. The Morgan fingerprint density at radius 2 is 1.48 bits per heavy atom. The van der Waals surface area contributed by atoms with Crippen molar-refractivity contribution < 1.29 is 24.3 Å². The van der Waals surface area contributed by atoms with Crippen LogP contribution in [0.3, 0.4) is 0 Å². The summed E-state index contributed by atoms with van der Waals surface area (Å²) >= 11 is 0. The summed E-state index contributed by atoms with van der Waals surface area (Å²) in [5.74, 6) is 1.67. The van der Waals surface area contributed by atoms with Crippen LogP contribution >= 0.6 is 0 Å². The van der Waals surface area contributed by atoms with Crippen molar-refractivity contribution in [3.05, 3.63) is 54.9 Å². The number of hydrogen-bond acceptors (Lipinski definition) is 8. The third-order valence-corrected chi connectivity index (χ3v) is 4.37. The molecule has 148 valence electrons. The van der Waals surface area contributed by atoms with E-state index in [4.69, 9.17) is 24.3 Å². The zero-order valence-corrected chi connectivity index (χ0v) is 16.1. The Balaban J connectivity index is 1.83. The second-order valence-corrected chi connectivity index (χ2v) is 6.00. The largest absolute Gasteiger partial charge is 0.438 e. The van der Waals surface area contributed by atoms with Crippen molar-refractivity contribution >= 4 is 27.4 Å². The predicted molar refractivity (Wildman–Crippen MR) is 108 cm³/mol. The SMILES string of the molecule is CNc1ccc(Oc2ncnc3cc(OOC)c(OOC)cc23)c2ccccc12. The zero-order valence-electron chi connectivity index (χ0n) is 16.1. The number of ether oxygens (including phenoxy) is 1. The van der Waals surface area contributed by atoms with Gasteiger partial charge in [0.1, 0.15) is 12.1 Å². The third kappa shape index (κ3) is 3.58. The van der Waals surface area contributed by atoms with E-state index in [2.05, 4.69) is 15.3 Å². The molecule has 0 radical (unpaired) electrons. The Morgan fingerprint density at radius 3 is 2.21 bits per heavy atom. The van der Waals surface area contributed by atoms with E-state index in [0.29, 0.717) is 34.0 Å². The fraction of sp³-hybridized carbons (Fsp3) is 0.143. The number of nitrogens with zero attached hydrogens (tertiary/aromatic N) is 2. The minimum absolute atomic E-state index is 0.303. The first-order valence-electron chi connectivity index (χ1n) is 8.82. The molecule has 0 aliphatic heterocycles. The van der Waals surface area contributed by atoms with Crippen LogP contribution in [0.1, 0.15) is 0 Å². The molecule has 0 aliphatic rings. The summed E-state index contributed by atoms with van der Waals surface area (Å²) in [6, 6.07) is 15.2. The van der Waals surface area contributed by atoms with Crippen molar-refractivity contribution in [3.63, 3.8) is 0 Å². The highest BCUT2D eigenvalue weighted by Crippen LogP contribution is 2.38. The van der Waals surface area contributed by atoms with Crippen LogP contribution in [0.4, 0.5) is 5.69 Å². The molecule has 4 aromatic rings. The van der Waals surface area contributed by atoms with Gasteiger partial charge in [0.2, 0.25) is 17.4 Å². The maximum Gasteiger partial charge on any atom is 0.230 e. The van der Waals surface area contributed by atoms with Gasteiger partial charge < -0.3 is 19.8 Å². The van der Waals surface area contributed by atoms with Crippen molar-refractivity contribution in [2.24, 2.45) is 0 Å². The Kier molecular flexibility index (Phi) is 5.28. The molecule has 0 aliphatic carbocycles. The van der Waals surface area contributed by atoms with E-state index in [1.54, 1.807) is 12.1 Å². The molecule has 0 fully saturated rings. The monoisotopic (exact) mass is 393 g/mol. The molecule has 1 N–H and O–H groups in total. The Labute approximate surface area is 166 Å². The number of fused-ring (bicyclic) bond motifs is 2. The quantitative estimate of drug-likeness (QED) is 0.363. The molecule has 4 rings (SSSR count). The highest BCUT2D eigenvalue weighted by molar-refractivity contribution is 5.98. The molecule has 1 heterocycles. The normalized spacial score (nSPS) is 10.9. The average molecular weight is 393 g/mol. The lowest BCUT2D eigenvalue weighted by molar-refractivity contribution is -0.201. The van der Waals surface area contributed by atoms with E-state index >= 15 is 0 Å². The number of benzene rings is 3. The minimum Gasteiger partial charge on any atom is -0.438 e. The smallest absolute Gasteiger partial charge is 0.230 e. The molecule has 0 spiro atoms. The van der Waals surface area contributed by atoms with E-state index in [9.17, 15) is 0 Å². The van der Waals surface area contributed by atoms with Crippen molar-refractivity contribution in [1.29, 1.82) is 0 Å². The molecule has 1 aromatic heterocycles. The first-order chi connectivity index (χ1) is 14.2. The molecule has 8 nitrogen and oxygen atoms in total. The Morgan fingerprint density at radius 1 is 0.759 bits per heavy atom. The van der Waals surface area contributed by atoms with Crippen molar-refractivity contribution in [1.82, 2.24) is 9.97 Å². The second kappa shape index (κ2) is 8.17. The van der Waals surface area contributed by atoms with Gasteiger partial charge in [-0.05, 0) is 12.1 Å². The van der Waals surface area contributed by atoms with Gasteiger partial charge in [-0.25, -0.2) is 9.97 Å². The van der Waals surface area contributed by atoms with Crippen molar-refractivity contribution in [3.8, 4) is 23.1 Å². The topological polar surface area (TPSA) is 84.0 Å². The van der Waals surface area contributed by atoms with Gasteiger partial charge in [-0.15, -0.1) is 0 Å². The van der Waals surface area contributed by atoms with E-state index in [1.807, 2.05) is 43.4 Å². The van der Waals surface area contributed by atoms with Gasteiger partial charge in [0.15, 0.2) is 0 Å². The molecule has 0 bridgehead atoms. The van der Waals surface area contributed by atoms with Crippen LogP contribution in [0.25, 0.3) is 21.7 Å². The maximum atomic E-state index is 6.19. The van der Waals surface area contributed by atoms with E-state index in [-0.39, 0.29) is 0 Å². The first-order valence-corrected chi connectivity index (χ1v) is 8.82. The van der Waals surface area contributed by atoms with Gasteiger partial charge in [-0.3, -0.25) is 0 Å². The molecule has 0 saturated heterocycles. The molecular formula is C21H19N3O5. The standard InChI is InChI=1S/C21H19N3O5/c1-22-16-8-9-18(14-7-5-4-6-13(14)16)27-21-15-10-19(28-25-2)20(29-26-3)11-17(15)23-12-24-21/h4-12,22H,1-3H3. The molecule has 0 unspecified atom stereocenters. The number of hydrogen-bond donors (Lipinski definition) is 1. The molecule has 0 atom stereocenters. The molecule has 0 amide bonds. The summed E-state index contributed by atoms with van der Waals surface area (Å²) in [6.45, 7) is 0. The van der Waals surface area contributed by atoms with Crippen molar-refractivity contribution in [2.75, 3.05) is 26.6 Å². The predicted octanol–water partition coefficient (Wildman–Crippen LogP) is 4.50. The highest BCUT2D eigenvalue weighted by atomic mass is 17.2. The molecular weight excluding hydrogens is 374 g/mol. The number of aromatic nitrogens is 2. The van der Waals surface area contributed by atoms with E-state index in [1.165, 1.54) is 20.5 Å². The number of nitrogens with one attached hydrogen (secondary N) is 1. The van der Waals surface area contributed by atoms with Gasteiger partial charge in [0, 0.05) is 35.6 Å². The lowest BCUT2D eigenvalue weighted by atomic mass is 10.1. The van der Waals surface area contributed by atoms with Crippen LogP contribution in [-0.2, 0) is 9.78 Å². The molecule has 0 saturated carbocycles.